The summed E-state index contributed by atoms with van der Waals surface area (Å²) in [5.74, 6) is -0.225. The predicted molar refractivity (Wildman–Crippen MR) is 81.9 cm³/mol. The molecule has 3 aromatic carbocycles. The molecule has 114 valence electrons. The molecule has 3 aromatic rings. The molecule has 1 aliphatic rings. The number of amides is 1. The number of carbonyl (C=O) groups is 1. The quantitative estimate of drug-likeness (QED) is 0.608. The van der Waals surface area contributed by atoms with Crippen molar-refractivity contribution in [3.05, 3.63) is 71.8 Å². The summed E-state index contributed by atoms with van der Waals surface area (Å²) in [5.41, 5.74) is 0.955. The van der Waals surface area contributed by atoms with Crippen molar-refractivity contribution in [3.63, 3.8) is 0 Å². The number of anilines is 2. The molecule has 0 N–H and O–H groups in total. The van der Waals surface area contributed by atoms with Crippen LogP contribution < -0.4 is 4.90 Å². The summed E-state index contributed by atoms with van der Waals surface area (Å²) >= 11 is 0. The monoisotopic (exact) mass is 313 g/mol. The van der Waals surface area contributed by atoms with E-state index < -0.39 is 11.7 Å². The van der Waals surface area contributed by atoms with Gasteiger partial charge >= 0.3 is 6.18 Å². The lowest BCUT2D eigenvalue weighted by Crippen LogP contribution is -2.21. The maximum Gasteiger partial charge on any atom is 0.416 e. The number of nitrogens with zero attached hydrogens (tertiary/aromatic N) is 1. The smallest absolute Gasteiger partial charge is 0.276 e. The summed E-state index contributed by atoms with van der Waals surface area (Å²) in [5, 5.41) is 1.77. The Kier molecular flexibility index (Phi) is 2.75. The Morgan fingerprint density at radius 1 is 0.826 bits per heavy atom. The van der Waals surface area contributed by atoms with Crippen molar-refractivity contribution in [2.45, 2.75) is 6.18 Å². The lowest BCUT2D eigenvalue weighted by atomic mass is 10.1. The van der Waals surface area contributed by atoms with Crippen molar-refractivity contribution < 1.29 is 18.0 Å². The van der Waals surface area contributed by atoms with Crippen molar-refractivity contribution in [1.82, 2.24) is 0 Å². The lowest BCUT2D eigenvalue weighted by Gasteiger charge is -2.18. The largest absolute Gasteiger partial charge is 0.416 e. The number of benzene rings is 3. The zero-order chi connectivity index (χ0) is 16.2. The molecular weight excluding hydrogens is 303 g/mol. The highest BCUT2D eigenvalue weighted by Gasteiger charge is 2.33. The molecule has 0 aromatic heterocycles. The minimum absolute atomic E-state index is 0.225. The van der Waals surface area contributed by atoms with E-state index in [0.717, 1.165) is 22.9 Å². The normalized spacial score (nSPS) is 13.9. The Morgan fingerprint density at radius 3 is 2.13 bits per heavy atom. The van der Waals surface area contributed by atoms with E-state index in [2.05, 4.69) is 0 Å². The van der Waals surface area contributed by atoms with Gasteiger partial charge in [-0.15, -0.1) is 0 Å². The third-order valence-corrected chi connectivity index (χ3v) is 4.01. The van der Waals surface area contributed by atoms with Gasteiger partial charge in [-0.1, -0.05) is 24.3 Å². The maximum absolute atomic E-state index is 12.7. The predicted octanol–water partition coefficient (Wildman–Crippen LogP) is 5.15. The van der Waals surface area contributed by atoms with E-state index in [4.69, 9.17) is 0 Å². The third-order valence-electron chi connectivity index (χ3n) is 4.01. The Morgan fingerprint density at radius 2 is 1.48 bits per heavy atom. The second kappa shape index (κ2) is 4.59. The van der Waals surface area contributed by atoms with E-state index in [1.807, 2.05) is 18.2 Å². The van der Waals surface area contributed by atoms with E-state index in [9.17, 15) is 18.0 Å². The lowest BCUT2D eigenvalue weighted by molar-refractivity contribution is -0.137. The third kappa shape index (κ3) is 2.00. The van der Waals surface area contributed by atoms with E-state index in [-0.39, 0.29) is 5.91 Å². The van der Waals surface area contributed by atoms with E-state index in [1.54, 1.807) is 18.2 Å². The van der Waals surface area contributed by atoms with Gasteiger partial charge in [0.25, 0.3) is 5.91 Å². The van der Waals surface area contributed by atoms with Crippen LogP contribution in [0.1, 0.15) is 15.9 Å². The van der Waals surface area contributed by atoms with Crippen LogP contribution in [0.2, 0.25) is 0 Å². The number of alkyl halides is 3. The first-order valence-corrected chi connectivity index (χ1v) is 7.00. The van der Waals surface area contributed by atoms with Crippen molar-refractivity contribution in [2.75, 3.05) is 4.90 Å². The highest BCUT2D eigenvalue weighted by molar-refractivity contribution is 6.27. The highest BCUT2D eigenvalue weighted by atomic mass is 19.4. The van der Waals surface area contributed by atoms with Gasteiger partial charge in [-0.2, -0.15) is 13.2 Å². The highest BCUT2D eigenvalue weighted by Crippen LogP contribution is 2.42. The molecule has 0 saturated heterocycles. The summed E-state index contributed by atoms with van der Waals surface area (Å²) in [6.07, 6.45) is -4.39. The van der Waals surface area contributed by atoms with Crippen LogP contribution in [0.3, 0.4) is 0 Å². The standard InChI is InChI=1S/C18H10F3NO/c19-18(20,21)12-7-9-13(10-8-12)22-15-6-2-4-11-3-1-5-14(16(11)15)17(22)23/h1-10H. The Balaban J connectivity index is 1.86. The van der Waals surface area contributed by atoms with Crippen LogP contribution >= 0.6 is 0 Å². The van der Waals surface area contributed by atoms with Gasteiger partial charge in [0.2, 0.25) is 0 Å². The number of carbonyl (C=O) groups excluding carboxylic acids is 1. The first-order chi connectivity index (χ1) is 11.0. The van der Waals surface area contributed by atoms with Gasteiger partial charge in [-0.25, -0.2) is 0 Å². The van der Waals surface area contributed by atoms with Crippen molar-refractivity contribution >= 4 is 28.1 Å². The zero-order valence-electron chi connectivity index (χ0n) is 11.8. The van der Waals surface area contributed by atoms with Gasteiger partial charge in [-0.05, 0) is 41.8 Å². The topological polar surface area (TPSA) is 20.3 Å². The summed E-state index contributed by atoms with van der Waals surface area (Å²) in [6.45, 7) is 0. The van der Waals surface area contributed by atoms with Crippen molar-refractivity contribution in [2.24, 2.45) is 0 Å². The van der Waals surface area contributed by atoms with Gasteiger partial charge < -0.3 is 0 Å². The molecule has 0 bridgehead atoms. The molecule has 4 rings (SSSR count). The molecule has 0 spiro atoms. The second-order valence-electron chi connectivity index (χ2n) is 5.37. The van der Waals surface area contributed by atoms with Crippen molar-refractivity contribution in [1.29, 1.82) is 0 Å². The van der Waals surface area contributed by atoms with E-state index in [1.165, 1.54) is 17.0 Å². The minimum atomic E-state index is -4.39. The molecule has 0 atom stereocenters. The van der Waals surface area contributed by atoms with Gasteiger partial charge in [0.15, 0.2) is 0 Å². The first kappa shape index (κ1) is 13.8. The molecule has 0 saturated carbocycles. The molecule has 0 fully saturated rings. The summed E-state index contributed by atoms with van der Waals surface area (Å²) < 4.78 is 38.1. The number of rotatable bonds is 1. The number of halogens is 3. The van der Waals surface area contributed by atoms with Crippen LogP contribution in [0.25, 0.3) is 10.8 Å². The van der Waals surface area contributed by atoms with Crippen LogP contribution in [0.15, 0.2) is 60.7 Å². The molecule has 1 amide bonds. The number of hydrogen-bond donors (Lipinski definition) is 0. The summed E-state index contributed by atoms with van der Waals surface area (Å²) in [4.78, 5) is 14.1. The molecular formula is C18H10F3NO. The fourth-order valence-electron chi connectivity index (χ4n) is 2.97. The average Bonchev–Trinajstić information content (AvgIpc) is 2.82. The van der Waals surface area contributed by atoms with Crippen molar-refractivity contribution in [3.8, 4) is 0 Å². The Hall–Kier alpha value is -2.82. The van der Waals surface area contributed by atoms with Gasteiger partial charge in [0, 0.05) is 11.1 Å². The van der Waals surface area contributed by atoms with Crippen LogP contribution in [0, 0.1) is 0 Å². The molecule has 1 heterocycles. The van der Waals surface area contributed by atoms with Gasteiger partial charge in [0.05, 0.1) is 16.8 Å². The van der Waals surface area contributed by atoms with Crippen LogP contribution in [-0.2, 0) is 6.18 Å². The fraction of sp³-hybridized carbons (Fsp3) is 0.0556. The molecule has 23 heavy (non-hydrogen) atoms. The second-order valence-corrected chi connectivity index (χ2v) is 5.37. The maximum atomic E-state index is 12.7. The molecule has 0 radical (unpaired) electrons. The minimum Gasteiger partial charge on any atom is -0.276 e. The molecule has 2 nitrogen and oxygen atoms in total. The molecule has 5 heteroatoms. The van der Waals surface area contributed by atoms with Gasteiger partial charge in [-0.3, -0.25) is 9.69 Å². The van der Waals surface area contributed by atoms with Crippen LogP contribution in [-0.4, -0.2) is 5.91 Å². The summed E-state index contributed by atoms with van der Waals surface area (Å²) in [6, 6.07) is 15.6. The summed E-state index contributed by atoms with van der Waals surface area (Å²) in [7, 11) is 0. The van der Waals surface area contributed by atoms with Crippen LogP contribution in [0.4, 0.5) is 24.5 Å². The molecule has 0 aliphatic carbocycles. The molecule has 0 unspecified atom stereocenters. The van der Waals surface area contributed by atoms with Gasteiger partial charge in [0.1, 0.15) is 0 Å². The number of hydrogen-bond acceptors (Lipinski definition) is 1. The Labute approximate surface area is 129 Å². The Bertz CT molecular complexity index is 924. The van der Waals surface area contributed by atoms with Crippen LogP contribution in [0.5, 0.6) is 0 Å². The first-order valence-electron chi connectivity index (χ1n) is 7.00. The molecule has 1 aliphatic heterocycles. The fourth-order valence-corrected chi connectivity index (χ4v) is 2.97. The SMILES string of the molecule is O=C1c2cccc3cccc(c23)N1c1ccc(C(F)(F)F)cc1. The van der Waals surface area contributed by atoms with E-state index >= 15 is 0 Å². The average molecular weight is 313 g/mol. The van der Waals surface area contributed by atoms with E-state index in [0.29, 0.717) is 16.9 Å². The zero-order valence-corrected chi connectivity index (χ0v) is 11.8.